The van der Waals surface area contributed by atoms with Crippen molar-refractivity contribution in [2.24, 2.45) is 5.41 Å². The van der Waals surface area contributed by atoms with Crippen LogP contribution in [-0.2, 0) is 0 Å². The van der Waals surface area contributed by atoms with Gasteiger partial charge in [-0.25, -0.2) is 0 Å². The first kappa shape index (κ1) is 14.3. The van der Waals surface area contributed by atoms with E-state index in [1.807, 2.05) is 0 Å². The molecular weight excluding hydrogens is 222 g/mol. The molecule has 2 aliphatic heterocycles. The number of likely N-dealkylation sites (tertiary alicyclic amines) is 1. The number of likely N-dealkylation sites (N-methyl/N-ethyl adjacent to an activating group) is 1. The quantitative estimate of drug-likeness (QED) is 0.806. The van der Waals surface area contributed by atoms with Gasteiger partial charge in [0.25, 0.3) is 0 Å². The molecule has 2 saturated heterocycles. The molecule has 0 saturated carbocycles. The summed E-state index contributed by atoms with van der Waals surface area (Å²) in [5.74, 6) is 0. The Balaban J connectivity index is 1.94. The molecule has 0 radical (unpaired) electrons. The predicted molar refractivity (Wildman–Crippen MR) is 78.0 cm³/mol. The van der Waals surface area contributed by atoms with Gasteiger partial charge in [-0.2, -0.15) is 0 Å². The molecule has 2 rings (SSSR count). The first-order valence-electron chi connectivity index (χ1n) is 7.67. The molecule has 3 heteroatoms. The molecule has 3 nitrogen and oxygen atoms in total. The van der Waals surface area contributed by atoms with Gasteiger partial charge in [0.05, 0.1) is 0 Å². The number of nitrogens with one attached hydrogen (secondary N) is 1. The fraction of sp³-hybridized carbons (Fsp3) is 1.00. The van der Waals surface area contributed by atoms with E-state index >= 15 is 0 Å². The summed E-state index contributed by atoms with van der Waals surface area (Å²) in [5, 5.41) is 3.37. The highest BCUT2D eigenvalue weighted by atomic mass is 15.3. The summed E-state index contributed by atoms with van der Waals surface area (Å²) in [6.45, 7) is 9.71. The lowest BCUT2D eigenvalue weighted by Crippen LogP contribution is -2.44. The van der Waals surface area contributed by atoms with Gasteiger partial charge in [-0.3, -0.25) is 4.90 Å². The highest BCUT2D eigenvalue weighted by molar-refractivity contribution is 4.92. The minimum absolute atomic E-state index is 0.427. The number of rotatable bonds is 5. The fourth-order valence-corrected chi connectivity index (χ4v) is 3.78. The minimum Gasteiger partial charge on any atom is -0.319 e. The standard InChI is InChI=1S/C15H31N3/c1-5-15(2,11-16-3)12-18-9-8-13-6-7-14(10-18)17(13)4/h13-14,16H,5-12H2,1-4H3. The van der Waals surface area contributed by atoms with E-state index in [1.165, 1.54) is 45.3 Å². The maximum absolute atomic E-state index is 3.37. The van der Waals surface area contributed by atoms with Crippen molar-refractivity contribution in [3.63, 3.8) is 0 Å². The summed E-state index contributed by atoms with van der Waals surface area (Å²) < 4.78 is 0. The van der Waals surface area contributed by atoms with Gasteiger partial charge in [-0.05, 0) is 51.7 Å². The average molecular weight is 253 g/mol. The van der Waals surface area contributed by atoms with E-state index in [0.29, 0.717) is 5.41 Å². The van der Waals surface area contributed by atoms with Crippen LogP contribution in [0.5, 0.6) is 0 Å². The van der Waals surface area contributed by atoms with Gasteiger partial charge in [0.15, 0.2) is 0 Å². The number of fused-ring (bicyclic) bond motifs is 2. The molecule has 0 aromatic carbocycles. The van der Waals surface area contributed by atoms with Crippen LogP contribution in [0.1, 0.15) is 39.5 Å². The number of hydrogen-bond acceptors (Lipinski definition) is 3. The van der Waals surface area contributed by atoms with E-state index < -0.39 is 0 Å². The maximum Gasteiger partial charge on any atom is 0.0223 e. The molecule has 2 heterocycles. The number of nitrogens with zero attached hydrogens (tertiary/aromatic N) is 2. The summed E-state index contributed by atoms with van der Waals surface area (Å²) in [5.41, 5.74) is 0.427. The Kier molecular flexibility index (Phi) is 4.68. The van der Waals surface area contributed by atoms with Crippen LogP contribution in [0.4, 0.5) is 0 Å². The van der Waals surface area contributed by atoms with Crippen LogP contribution in [0.2, 0.25) is 0 Å². The van der Waals surface area contributed by atoms with Gasteiger partial charge >= 0.3 is 0 Å². The molecule has 2 aliphatic rings. The third kappa shape index (κ3) is 3.06. The monoisotopic (exact) mass is 253 g/mol. The predicted octanol–water partition coefficient (Wildman–Crippen LogP) is 1.79. The van der Waals surface area contributed by atoms with Crippen LogP contribution < -0.4 is 5.32 Å². The summed E-state index contributed by atoms with van der Waals surface area (Å²) in [6.07, 6.45) is 5.46. The minimum atomic E-state index is 0.427. The maximum atomic E-state index is 3.37. The molecule has 0 aliphatic carbocycles. The topological polar surface area (TPSA) is 18.5 Å². The van der Waals surface area contributed by atoms with Gasteiger partial charge in [0, 0.05) is 31.7 Å². The van der Waals surface area contributed by atoms with Crippen molar-refractivity contribution in [1.82, 2.24) is 15.1 Å². The molecule has 2 fully saturated rings. The normalized spacial score (nSPS) is 33.3. The van der Waals surface area contributed by atoms with Crippen LogP contribution in [0.25, 0.3) is 0 Å². The summed E-state index contributed by atoms with van der Waals surface area (Å²) in [7, 11) is 4.41. The van der Waals surface area contributed by atoms with Crippen LogP contribution >= 0.6 is 0 Å². The lowest BCUT2D eigenvalue weighted by atomic mass is 9.86. The van der Waals surface area contributed by atoms with Crippen LogP contribution in [0, 0.1) is 5.41 Å². The van der Waals surface area contributed by atoms with Gasteiger partial charge in [-0.15, -0.1) is 0 Å². The Morgan fingerprint density at radius 3 is 2.61 bits per heavy atom. The van der Waals surface area contributed by atoms with Crippen molar-refractivity contribution in [3.8, 4) is 0 Å². The molecule has 106 valence electrons. The van der Waals surface area contributed by atoms with E-state index in [1.54, 1.807) is 0 Å². The lowest BCUT2D eigenvalue weighted by Gasteiger charge is -2.36. The summed E-state index contributed by atoms with van der Waals surface area (Å²) >= 11 is 0. The largest absolute Gasteiger partial charge is 0.319 e. The van der Waals surface area contributed by atoms with Gasteiger partial charge in [0.1, 0.15) is 0 Å². The molecule has 3 atom stereocenters. The molecule has 0 aromatic heterocycles. The molecule has 0 aromatic rings. The molecule has 3 unspecified atom stereocenters. The van der Waals surface area contributed by atoms with Crippen molar-refractivity contribution < 1.29 is 0 Å². The Morgan fingerprint density at radius 2 is 1.94 bits per heavy atom. The Hall–Kier alpha value is -0.120. The smallest absolute Gasteiger partial charge is 0.0223 e. The molecule has 1 N–H and O–H groups in total. The SMILES string of the molecule is CCC(C)(CNC)CN1CCC2CCC(C1)N2C. The van der Waals surface area contributed by atoms with Crippen molar-refractivity contribution in [3.05, 3.63) is 0 Å². The Labute approximate surface area is 113 Å². The molecule has 2 bridgehead atoms. The van der Waals surface area contributed by atoms with E-state index in [-0.39, 0.29) is 0 Å². The molecular formula is C15H31N3. The summed E-state index contributed by atoms with van der Waals surface area (Å²) in [6, 6.07) is 1.67. The Bertz CT molecular complexity index is 268. The average Bonchev–Trinajstić information content (AvgIpc) is 2.58. The molecule has 0 amide bonds. The van der Waals surface area contributed by atoms with Crippen molar-refractivity contribution in [1.29, 1.82) is 0 Å². The summed E-state index contributed by atoms with van der Waals surface area (Å²) in [4.78, 5) is 5.36. The van der Waals surface area contributed by atoms with Crippen molar-refractivity contribution in [2.75, 3.05) is 40.3 Å². The second-order valence-electron chi connectivity index (χ2n) is 6.77. The van der Waals surface area contributed by atoms with Crippen molar-refractivity contribution >= 4 is 0 Å². The van der Waals surface area contributed by atoms with Crippen LogP contribution in [0.3, 0.4) is 0 Å². The van der Waals surface area contributed by atoms with Gasteiger partial charge in [0.2, 0.25) is 0 Å². The van der Waals surface area contributed by atoms with Crippen LogP contribution in [-0.4, -0.2) is 62.2 Å². The third-order valence-electron chi connectivity index (χ3n) is 5.29. The molecule has 0 spiro atoms. The van der Waals surface area contributed by atoms with E-state index in [9.17, 15) is 0 Å². The highest BCUT2D eigenvalue weighted by Gasteiger charge is 2.36. The van der Waals surface area contributed by atoms with E-state index in [4.69, 9.17) is 0 Å². The second-order valence-corrected chi connectivity index (χ2v) is 6.77. The van der Waals surface area contributed by atoms with E-state index in [2.05, 4.69) is 43.1 Å². The molecule has 18 heavy (non-hydrogen) atoms. The lowest BCUT2D eigenvalue weighted by molar-refractivity contribution is 0.144. The second kappa shape index (κ2) is 5.89. The third-order valence-corrected chi connectivity index (χ3v) is 5.29. The van der Waals surface area contributed by atoms with Gasteiger partial charge < -0.3 is 10.2 Å². The van der Waals surface area contributed by atoms with Gasteiger partial charge in [-0.1, -0.05) is 13.8 Å². The number of hydrogen-bond donors (Lipinski definition) is 1. The highest BCUT2D eigenvalue weighted by Crippen LogP contribution is 2.30. The zero-order valence-electron chi connectivity index (χ0n) is 12.7. The first-order valence-corrected chi connectivity index (χ1v) is 7.67. The Morgan fingerprint density at radius 1 is 1.22 bits per heavy atom. The van der Waals surface area contributed by atoms with Crippen LogP contribution in [0.15, 0.2) is 0 Å². The first-order chi connectivity index (χ1) is 8.58. The fourth-order valence-electron chi connectivity index (χ4n) is 3.78. The van der Waals surface area contributed by atoms with Crippen molar-refractivity contribution in [2.45, 2.75) is 51.6 Å². The van der Waals surface area contributed by atoms with E-state index in [0.717, 1.165) is 18.6 Å². The zero-order chi connectivity index (χ0) is 13.2. The zero-order valence-corrected chi connectivity index (χ0v) is 12.7.